The van der Waals surface area contributed by atoms with Crippen molar-refractivity contribution in [2.24, 2.45) is 0 Å². The van der Waals surface area contributed by atoms with Gasteiger partial charge in [-0.25, -0.2) is 4.37 Å². The third-order valence-electron chi connectivity index (χ3n) is 1.02. The van der Waals surface area contributed by atoms with Crippen LogP contribution in [0.1, 0.15) is 12.5 Å². The molecule has 0 atom stereocenters. The lowest BCUT2D eigenvalue weighted by Gasteiger charge is -1.95. The molecule has 0 radical (unpaired) electrons. The molecule has 54 valence electrons. The average Bonchev–Trinajstić information content (AvgIpc) is 2.34. The van der Waals surface area contributed by atoms with Crippen LogP contribution in [0.15, 0.2) is 11.6 Å². The molecule has 4 heteroatoms. The zero-order chi connectivity index (χ0) is 7.40. The van der Waals surface area contributed by atoms with Crippen LogP contribution in [0, 0.1) is 0 Å². The van der Waals surface area contributed by atoms with Gasteiger partial charge in [-0.3, -0.25) is 4.79 Å². The number of nitrogens with zero attached hydrogens (tertiary/aromatic N) is 1. The van der Waals surface area contributed by atoms with Crippen LogP contribution in [0.25, 0.3) is 0 Å². The van der Waals surface area contributed by atoms with Crippen LogP contribution in [0.2, 0.25) is 0 Å². The monoisotopic (exact) mass is 156 g/mol. The van der Waals surface area contributed by atoms with Crippen LogP contribution in [0.4, 0.5) is 0 Å². The number of nitrogens with one attached hydrogen (secondary N) is 1. The Hall–Kier alpha value is -0.900. The summed E-state index contributed by atoms with van der Waals surface area (Å²) in [6.07, 6.45) is 1.75. The highest BCUT2D eigenvalue weighted by molar-refractivity contribution is 7.03. The predicted molar refractivity (Wildman–Crippen MR) is 39.6 cm³/mol. The van der Waals surface area contributed by atoms with E-state index in [9.17, 15) is 4.79 Å². The third kappa shape index (κ3) is 2.14. The quantitative estimate of drug-likeness (QED) is 0.687. The van der Waals surface area contributed by atoms with Gasteiger partial charge in [0.1, 0.15) is 0 Å². The van der Waals surface area contributed by atoms with Gasteiger partial charge < -0.3 is 5.32 Å². The van der Waals surface area contributed by atoms with Crippen molar-refractivity contribution in [3.63, 3.8) is 0 Å². The van der Waals surface area contributed by atoms with Crippen molar-refractivity contribution in [1.82, 2.24) is 9.69 Å². The number of hydrogen-bond donors (Lipinski definition) is 1. The lowest BCUT2D eigenvalue weighted by molar-refractivity contribution is -0.119. The summed E-state index contributed by atoms with van der Waals surface area (Å²) < 4.78 is 3.89. The van der Waals surface area contributed by atoms with Crippen LogP contribution in [-0.4, -0.2) is 10.3 Å². The standard InChI is InChI=1S/C6H8N2OS/c1-5(9)7-2-6-3-8-10-4-6/h3-4H,2H2,1H3,(H,7,9). The van der Waals surface area contributed by atoms with Crippen molar-refractivity contribution >= 4 is 17.4 Å². The van der Waals surface area contributed by atoms with Gasteiger partial charge >= 0.3 is 0 Å². The average molecular weight is 156 g/mol. The SMILES string of the molecule is CC(=O)NCc1cnsc1. The lowest BCUT2D eigenvalue weighted by Crippen LogP contribution is -2.18. The molecule has 1 N–H and O–H groups in total. The molecule has 0 fully saturated rings. The molecule has 0 saturated heterocycles. The van der Waals surface area contributed by atoms with Gasteiger partial charge in [-0.1, -0.05) is 0 Å². The first-order valence-electron chi connectivity index (χ1n) is 2.92. The largest absolute Gasteiger partial charge is 0.352 e. The molecule has 1 rings (SSSR count). The smallest absolute Gasteiger partial charge is 0.217 e. The van der Waals surface area contributed by atoms with Gasteiger partial charge in [-0.05, 0) is 11.5 Å². The molecule has 0 spiro atoms. The second-order valence-corrected chi connectivity index (χ2v) is 2.60. The highest BCUT2D eigenvalue weighted by Gasteiger charge is 1.93. The summed E-state index contributed by atoms with van der Waals surface area (Å²) in [6, 6.07) is 0. The fraction of sp³-hybridized carbons (Fsp3) is 0.333. The van der Waals surface area contributed by atoms with E-state index in [0.29, 0.717) is 6.54 Å². The molecule has 1 amide bonds. The van der Waals surface area contributed by atoms with E-state index in [-0.39, 0.29) is 5.91 Å². The van der Waals surface area contributed by atoms with Crippen LogP contribution in [-0.2, 0) is 11.3 Å². The van der Waals surface area contributed by atoms with E-state index < -0.39 is 0 Å². The number of hydrogen-bond acceptors (Lipinski definition) is 3. The Morgan fingerprint density at radius 2 is 2.70 bits per heavy atom. The third-order valence-corrected chi connectivity index (χ3v) is 1.66. The Morgan fingerprint density at radius 1 is 1.90 bits per heavy atom. The second-order valence-electron chi connectivity index (χ2n) is 1.94. The molecule has 0 unspecified atom stereocenters. The van der Waals surface area contributed by atoms with E-state index in [0.717, 1.165) is 5.56 Å². The van der Waals surface area contributed by atoms with Crippen LogP contribution in [0.3, 0.4) is 0 Å². The summed E-state index contributed by atoms with van der Waals surface area (Å²) in [5.74, 6) is -0.00815. The lowest BCUT2D eigenvalue weighted by atomic mass is 10.4. The first-order chi connectivity index (χ1) is 4.79. The maximum Gasteiger partial charge on any atom is 0.217 e. The second kappa shape index (κ2) is 3.31. The first kappa shape index (κ1) is 7.21. The van der Waals surface area contributed by atoms with Crippen molar-refractivity contribution in [3.05, 3.63) is 17.1 Å². The number of rotatable bonds is 2. The van der Waals surface area contributed by atoms with Crippen LogP contribution in [0.5, 0.6) is 0 Å². The summed E-state index contributed by atoms with van der Waals surface area (Å²) in [7, 11) is 0. The molecule has 0 aliphatic heterocycles. The van der Waals surface area contributed by atoms with E-state index in [1.165, 1.54) is 18.5 Å². The van der Waals surface area contributed by atoms with Gasteiger partial charge in [0.15, 0.2) is 0 Å². The van der Waals surface area contributed by atoms with E-state index in [1.807, 2.05) is 5.38 Å². The molecule has 1 aromatic heterocycles. The van der Waals surface area contributed by atoms with Gasteiger partial charge in [0.2, 0.25) is 5.91 Å². The minimum atomic E-state index is -0.00815. The van der Waals surface area contributed by atoms with Crippen LogP contribution >= 0.6 is 11.5 Å². The first-order valence-corrected chi connectivity index (χ1v) is 3.75. The van der Waals surface area contributed by atoms with E-state index in [4.69, 9.17) is 0 Å². The molecule has 3 nitrogen and oxygen atoms in total. The number of amides is 1. The predicted octanol–water partition coefficient (Wildman–Crippen LogP) is 0.779. The molecular formula is C6H8N2OS. The van der Waals surface area contributed by atoms with Crippen molar-refractivity contribution in [2.45, 2.75) is 13.5 Å². The maximum absolute atomic E-state index is 10.4. The van der Waals surface area contributed by atoms with Crippen molar-refractivity contribution in [1.29, 1.82) is 0 Å². The summed E-state index contributed by atoms with van der Waals surface area (Å²) in [6.45, 7) is 2.09. The van der Waals surface area contributed by atoms with Gasteiger partial charge in [0.05, 0.1) is 0 Å². The highest BCUT2D eigenvalue weighted by Crippen LogP contribution is 1.99. The van der Waals surface area contributed by atoms with Gasteiger partial charge in [0, 0.05) is 30.6 Å². The Morgan fingerprint density at radius 3 is 3.20 bits per heavy atom. The van der Waals surface area contributed by atoms with Gasteiger partial charge in [-0.2, -0.15) is 0 Å². The molecule has 10 heavy (non-hydrogen) atoms. The Balaban J connectivity index is 2.35. The Labute approximate surface area is 63.2 Å². The number of carbonyl (C=O) groups excluding carboxylic acids is 1. The summed E-state index contributed by atoms with van der Waals surface area (Å²) in [4.78, 5) is 10.4. The molecule has 0 bridgehead atoms. The normalized spacial score (nSPS) is 9.30. The van der Waals surface area contributed by atoms with Crippen molar-refractivity contribution in [3.8, 4) is 0 Å². The summed E-state index contributed by atoms with van der Waals surface area (Å²) >= 11 is 1.39. The molecule has 0 saturated carbocycles. The molecular weight excluding hydrogens is 148 g/mol. The van der Waals surface area contributed by atoms with E-state index >= 15 is 0 Å². The molecule has 1 aromatic rings. The fourth-order valence-corrected chi connectivity index (χ4v) is 1.08. The van der Waals surface area contributed by atoms with E-state index in [1.54, 1.807) is 6.20 Å². The zero-order valence-corrected chi connectivity index (χ0v) is 6.44. The topological polar surface area (TPSA) is 42.0 Å². The molecule has 0 aromatic carbocycles. The summed E-state index contributed by atoms with van der Waals surface area (Å²) in [5, 5.41) is 4.59. The minimum Gasteiger partial charge on any atom is -0.352 e. The molecule has 0 aliphatic rings. The Bertz CT molecular complexity index is 208. The molecule has 1 heterocycles. The Kier molecular flexibility index (Phi) is 2.39. The maximum atomic E-state index is 10.4. The zero-order valence-electron chi connectivity index (χ0n) is 5.63. The minimum absolute atomic E-state index is 0.00815. The molecule has 0 aliphatic carbocycles. The van der Waals surface area contributed by atoms with Crippen molar-refractivity contribution in [2.75, 3.05) is 0 Å². The summed E-state index contributed by atoms with van der Waals surface area (Å²) in [5.41, 5.74) is 1.06. The van der Waals surface area contributed by atoms with E-state index in [2.05, 4.69) is 9.69 Å². The highest BCUT2D eigenvalue weighted by atomic mass is 32.1. The van der Waals surface area contributed by atoms with Crippen molar-refractivity contribution < 1.29 is 4.79 Å². The fourth-order valence-electron chi connectivity index (χ4n) is 0.541. The van der Waals surface area contributed by atoms with Crippen LogP contribution < -0.4 is 5.32 Å². The number of carbonyl (C=O) groups is 1. The van der Waals surface area contributed by atoms with Gasteiger partial charge in [-0.15, -0.1) is 0 Å². The van der Waals surface area contributed by atoms with Gasteiger partial charge in [0.25, 0.3) is 0 Å². The number of aromatic nitrogens is 1.